The lowest BCUT2D eigenvalue weighted by atomic mass is 10.1. The van der Waals surface area contributed by atoms with Crippen LogP contribution in [-0.4, -0.2) is 59.6 Å². The molecule has 9 heteroatoms. The molecule has 8 nitrogen and oxygen atoms in total. The van der Waals surface area contributed by atoms with Crippen molar-refractivity contribution in [3.63, 3.8) is 0 Å². The Morgan fingerprint density at radius 1 is 1.33 bits per heavy atom. The zero-order chi connectivity index (χ0) is 22.1. The summed E-state index contributed by atoms with van der Waals surface area (Å²) in [6.07, 6.45) is 1.42. The van der Waals surface area contributed by atoms with Gasteiger partial charge in [0.15, 0.2) is 5.11 Å². The summed E-state index contributed by atoms with van der Waals surface area (Å²) in [5.74, 6) is -0.788. The van der Waals surface area contributed by atoms with Crippen molar-refractivity contribution in [2.45, 2.75) is 52.2 Å². The Balaban J connectivity index is 2.08. The lowest BCUT2D eigenvalue weighted by Crippen LogP contribution is -2.60. The van der Waals surface area contributed by atoms with Crippen LogP contribution in [-0.2, 0) is 14.3 Å². The average Bonchev–Trinajstić information content (AvgIpc) is 2.69. The number of esters is 1. The molecular weight excluding hydrogens is 406 g/mol. The number of thiocarbonyl (C=S) groups is 1. The Bertz CT molecular complexity index is 784. The van der Waals surface area contributed by atoms with Crippen LogP contribution in [0.1, 0.15) is 50.4 Å². The standard InChI is InChI=1S/C21H29N3O5S/c1-4-5-12-28-17-9-7-6-8-15(17)19(26)23-21(30)24-11-10-22-20(27)16(24)13-18(25)29-14(2)3/h6-9,14,16H,4-5,10-13H2,1-3H3,(H,22,27)(H,23,26,30). The number of hydrogen-bond acceptors (Lipinski definition) is 6. The molecule has 1 unspecified atom stereocenters. The molecule has 1 aromatic carbocycles. The van der Waals surface area contributed by atoms with Gasteiger partial charge in [-0.1, -0.05) is 25.5 Å². The van der Waals surface area contributed by atoms with Gasteiger partial charge in [-0.05, 0) is 44.6 Å². The van der Waals surface area contributed by atoms with Crippen molar-refractivity contribution >= 4 is 35.1 Å². The molecule has 1 aromatic rings. The Kier molecular flexibility index (Phi) is 9.04. The van der Waals surface area contributed by atoms with Gasteiger partial charge >= 0.3 is 5.97 Å². The summed E-state index contributed by atoms with van der Waals surface area (Å²) in [6.45, 7) is 6.78. The normalized spacial score (nSPS) is 16.1. The van der Waals surface area contributed by atoms with Crippen molar-refractivity contribution in [2.75, 3.05) is 19.7 Å². The highest BCUT2D eigenvalue weighted by molar-refractivity contribution is 7.80. The number of piperazine rings is 1. The van der Waals surface area contributed by atoms with E-state index in [0.29, 0.717) is 31.0 Å². The summed E-state index contributed by atoms with van der Waals surface area (Å²) in [4.78, 5) is 38.8. The predicted octanol–water partition coefficient (Wildman–Crippen LogP) is 2.02. The molecule has 1 aliphatic heterocycles. The van der Waals surface area contributed by atoms with Gasteiger partial charge in [-0.3, -0.25) is 19.7 Å². The first kappa shape index (κ1) is 23.6. The molecule has 1 fully saturated rings. The monoisotopic (exact) mass is 435 g/mol. The SMILES string of the molecule is CCCCOc1ccccc1C(=O)NC(=S)N1CCNC(=O)C1CC(=O)OC(C)C. The van der Waals surface area contributed by atoms with Gasteiger partial charge in [0, 0.05) is 13.1 Å². The van der Waals surface area contributed by atoms with E-state index in [0.717, 1.165) is 12.8 Å². The van der Waals surface area contributed by atoms with Gasteiger partial charge in [0.1, 0.15) is 11.8 Å². The number of nitrogens with zero attached hydrogens (tertiary/aromatic N) is 1. The number of nitrogens with one attached hydrogen (secondary N) is 2. The Hall–Kier alpha value is -2.68. The van der Waals surface area contributed by atoms with Gasteiger partial charge < -0.3 is 19.7 Å². The molecule has 0 radical (unpaired) electrons. The minimum atomic E-state index is -0.839. The van der Waals surface area contributed by atoms with Crippen molar-refractivity contribution in [2.24, 2.45) is 0 Å². The summed E-state index contributed by atoms with van der Waals surface area (Å²) < 4.78 is 10.9. The molecule has 30 heavy (non-hydrogen) atoms. The van der Waals surface area contributed by atoms with Gasteiger partial charge in [0.25, 0.3) is 5.91 Å². The first-order valence-electron chi connectivity index (χ1n) is 10.1. The third-order valence-corrected chi connectivity index (χ3v) is 4.76. The Morgan fingerprint density at radius 3 is 2.77 bits per heavy atom. The first-order chi connectivity index (χ1) is 14.3. The van der Waals surface area contributed by atoms with E-state index in [1.165, 1.54) is 0 Å². The quantitative estimate of drug-likeness (QED) is 0.366. The molecule has 2 amide bonds. The van der Waals surface area contributed by atoms with Crippen molar-refractivity contribution in [3.8, 4) is 5.75 Å². The molecular formula is C21H29N3O5S. The molecule has 0 spiro atoms. The number of rotatable bonds is 8. The zero-order valence-electron chi connectivity index (χ0n) is 17.6. The Morgan fingerprint density at radius 2 is 2.07 bits per heavy atom. The van der Waals surface area contributed by atoms with E-state index in [1.54, 1.807) is 43.0 Å². The second-order valence-electron chi connectivity index (χ2n) is 7.20. The van der Waals surface area contributed by atoms with Crippen LogP contribution in [0.4, 0.5) is 0 Å². The van der Waals surface area contributed by atoms with E-state index < -0.39 is 17.9 Å². The van der Waals surface area contributed by atoms with E-state index in [1.807, 2.05) is 0 Å². The number of carbonyl (C=O) groups excluding carboxylic acids is 3. The topological polar surface area (TPSA) is 97.0 Å². The van der Waals surface area contributed by atoms with Crippen molar-refractivity contribution in [1.29, 1.82) is 0 Å². The fraction of sp³-hybridized carbons (Fsp3) is 0.524. The molecule has 0 aromatic heterocycles. The number of carbonyl (C=O) groups is 3. The van der Waals surface area contributed by atoms with E-state index >= 15 is 0 Å². The van der Waals surface area contributed by atoms with E-state index in [4.69, 9.17) is 21.7 Å². The molecule has 2 rings (SSSR count). The number of ether oxygens (including phenoxy) is 2. The average molecular weight is 436 g/mol. The first-order valence-corrected chi connectivity index (χ1v) is 10.5. The fourth-order valence-corrected chi connectivity index (χ4v) is 3.28. The maximum absolute atomic E-state index is 12.8. The van der Waals surface area contributed by atoms with Crippen molar-refractivity contribution in [3.05, 3.63) is 29.8 Å². The molecule has 1 aliphatic rings. The summed E-state index contributed by atoms with van der Waals surface area (Å²) in [5.41, 5.74) is 0.355. The highest BCUT2D eigenvalue weighted by Crippen LogP contribution is 2.19. The summed E-state index contributed by atoms with van der Waals surface area (Å²) in [7, 11) is 0. The second kappa shape index (κ2) is 11.5. The molecule has 0 bridgehead atoms. The van der Waals surface area contributed by atoms with E-state index in [-0.39, 0.29) is 23.5 Å². The summed E-state index contributed by atoms with van der Waals surface area (Å²) >= 11 is 5.39. The van der Waals surface area contributed by atoms with Gasteiger partial charge in [0.05, 0.1) is 24.7 Å². The van der Waals surface area contributed by atoms with Crippen LogP contribution >= 0.6 is 12.2 Å². The lowest BCUT2D eigenvalue weighted by Gasteiger charge is -2.36. The second-order valence-corrected chi connectivity index (χ2v) is 7.59. The van der Waals surface area contributed by atoms with E-state index in [2.05, 4.69) is 17.6 Å². The van der Waals surface area contributed by atoms with Gasteiger partial charge in [-0.15, -0.1) is 0 Å². The number of para-hydroxylation sites is 1. The molecule has 1 saturated heterocycles. The van der Waals surface area contributed by atoms with Gasteiger partial charge in [0.2, 0.25) is 5.91 Å². The highest BCUT2D eigenvalue weighted by atomic mass is 32.1. The lowest BCUT2D eigenvalue weighted by molar-refractivity contribution is -0.150. The van der Waals surface area contributed by atoms with Crippen molar-refractivity contribution < 1.29 is 23.9 Å². The molecule has 1 heterocycles. The van der Waals surface area contributed by atoms with Crippen LogP contribution in [0, 0.1) is 0 Å². The smallest absolute Gasteiger partial charge is 0.308 e. The maximum atomic E-state index is 12.8. The molecule has 0 aliphatic carbocycles. The van der Waals surface area contributed by atoms with Crippen LogP contribution in [0.5, 0.6) is 5.75 Å². The number of hydrogen-bond donors (Lipinski definition) is 2. The maximum Gasteiger partial charge on any atom is 0.308 e. The third kappa shape index (κ3) is 6.69. The van der Waals surface area contributed by atoms with Crippen LogP contribution in [0.2, 0.25) is 0 Å². The number of benzene rings is 1. The summed E-state index contributed by atoms with van der Waals surface area (Å²) in [5, 5.41) is 5.47. The zero-order valence-corrected chi connectivity index (χ0v) is 18.4. The Labute approximate surface area is 182 Å². The van der Waals surface area contributed by atoms with Crippen LogP contribution in [0.15, 0.2) is 24.3 Å². The van der Waals surface area contributed by atoms with Crippen molar-refractivity contribution in [1.82, 2.24) is 15.5 Å². The van der Waals surface area contributed by atoms with Crippen LogP contribution < -0.4 is 15.4 Å². The number of amides is 2. The molecule has 1 atom stereocenters. The predicted molar refractivity (Wildman–Crippen MR) is 116 cm³/mol. The minimum absolute atomic E-state index is 0.0839. The third-order valence-electron chi connectivity index (χ3n) is 4.43. The minimum Gasteiger partial charge on any atom is -0.493 e. The number of unbranched alkanes of at least 4 members (excludes halogenated alkanes) is 1. The van der Waals surface area contributed by atoms with E-state index in [9.17, 15) is 14.4 Å². The van der Waals surface area contributed by atoms with Gasteiger partial charge in [-0.2, -0.15) is 0 Å². The summed E-state index contributed by atoms with van der Waals surface area (Å²) in [6, 6.07) is 6.08. The van der Waals surface area contributed by atoms with Crippen LogP contribution in [0.3, 0.4) is 0 Å². The fourth-order valence-electron chi connectivity index (χ4n) is 2.97. The molecule has 164 valence electrons. The largest absolute Gasteiger partial charge is 0.493 e. The molecule has 0 saturated carbocycles. The molecule has 2 N–H and O–H groups in total. The van der Waals surface area contributed by atoms with Crippen LogP contribution in [0.25, 0.3) is 0 Å². The van der Waals surface area contributed by atoms with Gasteiger partial charge in [-0.25, -0.2) is 0 Å². The highest BCUT2D eigenvalue weighted by Gasteiger charge is 2.34.